The number of fused-ring (bicyclic) bond motifs is 1. The molecule has 0 fully saturated rings. The Morgan fingerprint density at radius 2 is 1.85 bits per heavy atom. The minimum Gasteiger partial charge on any atom is -0.354 e. The largest absolute Gasteiger partial charge is 0.354 e. The first-order valence-corrected chi connectivity index (χ1v) is 9.43. The van der Waals surface area contributed by atoms with Gasteiger partial charge in [-0.25, -0.2) is 8.78 Å². The molecule has 1 heterocycles. The van der Waals surface area contributed by atoms with E-state index in [2.05, 4.69) is 30.1 Å². The Morgan fingerprint density at radius 1 is 1.00 bits per heavy atom. The Hall–Kier alpha value is -2.20. The summed E-state index contributed by atoms with van der Waals surface area (Å²) in [6, 6.07) is 10.1. The van der Waals surface area contributed by atoms with E-state index in [0.29, 0.717) is 12.1 Å². The van der Waals surface area contributed by atoms with Crippen molar-refractivity contribution in [1.82, 2.24) is 4.98 Å². The first kappa shape index (κ1) is 18.6. The quantitative estimate of drug-likeness (QED) is 0.497. The van der Waals surface area contributed by atoms with Crippen molar-refractivity contribution in [3.8, 4) is 11.3 Å². The molecule has 0 amide bonds. The molecule has 1 aromatic heterocycles. The van der Waals surface area contributed by atoms with Crippen LogP contribution in [0.15, 0.2) is 36.4 Å². The summed E-state index contributed by atoms with van der Waals surface area (Å²) in [4.78, 5) is 3.45. The van der Waals surface area contributed by atoms with Gasteiger partial charge in [0.1, 0.15) is 11.6 Å². The van der Waals surface area contributed by atoms with Crippen molar-refractivity contribution in [1.29, 1.82) is 0 Å². The number of nitrogens with one attached hydrogen (secondary N) is 1. The highest BCUT2D eigenvalue weighted by atomic mass is 19.1. The topological polar surface area (TPSA) is 41.8 Å². The van der Waals surface area contributed by atoms with E-state index in [1.54, 1.807) is 0 Å². The van der Waals surface area contributed by atoms with Crippen LogP contribution >= 0.6 is 0 Å². The number of rotatable bonds is 8. The maximum Gasteiger partial charge on any atom is 0.135 e. The van der Waals surface area contributed by atoms with Gasteiger partial charge in [0.2, 0.25) is 0 Å². The van der Waals surface area contributed by atoms with Crippen LogP contribution in [0.5, 0.6) is 0 Å². The second-order valence-corrected chi connectivity index (χ2v) is 6.79. The van der Waals surface area contributed by atoms with E-state index < -0.39 is 11.6 Å². The molecule has 3 N–H and O–H groups in total. The molecule has 2 nitrogen and oxygen atoms in total. The first-order chi connectivity index (χ1) is 12.7. The highest BCUT2D eigenvalue weighted by Crippen LogP contribution is 2.35. The van der Waals surface area contributed by atoms with Crippen molar-refractivity contribution in [3.63, 3.8) is 0 Å². The Morgan fingerprint density at radius 3 is 2.58 bits per heavy atom. The minimum atomic E-state index is -0.560. The summed E-state index contributed by atoms with van der Waals surface area (Å²) in [6.07, 6.45) is 5.91. The summed E-state index contributed by atoms with van der Waals surface area (Å²) >= 11 is 0. The number of hydrogen-bond donors (Lipinski definition) is 2. The molecule has 0 unspecified atom stereocenters. The zero-order chi connectivity index (χ0) is 18.5. The fraction of sp³-hybridized carbons (Fsp3) is 0.364. The third-order valence-corrected chi connectivity index (χ3v) is 4.91. The number of halogens is 2. The molecule has 0 atom stereocenters. The summed E-state index contributed by atoms with van der Waals surface area (Å²) in [5.74, 6) is -1.09. The van der Waals surface area contributed by atoms with Crippen LogP contribution in [0.25, 0.3) is 22.2 Å². The summed E-state index contributed by atoms with van der Waals surface area (Å²) in [7, 11) is 0. The van der Waals surface area contributed by atoms with Gasteiger partial charge in [-0.3, -0.25) is 0 Å². The number of hydrogen-bond acceptors (Lipinski definition) is 1. The van der Waals surface area contributed by atoms with Crippen LogP contribution in [0, 0.1) is 11.6 Å². The number of aromatic amines is 1. The third-order valence-electron chi connectivity index (χ3n) is 4.91. The molecular formula is C22H26F2N2. The summed E-state index contributed by atoms with van der Waals surface area (Å²) in [6.45, 7) is 2.82. The van der Waals surface area contributed by atoms with E-state index >= 15 is 0 Å². The van der Waals surface area contributed by atoms with E-state index in [0.717, 1.165) is 66.8 Å². The molecule has 0 saturated heterocycles. The maximum atomic E-state index is 14.5. The van der Waals surface area contributed by atoms with Crippen LogP contribution in [0.2, 0.25) is 0 Å². The van der Waals surface area contributed by atoms with E-state index in [-0.39, 0.29) is 0 Å². The second-order valence-electron chi connectivity index (χ2n) is 6.79. The minimum absolute atomic E-state index is 0.423. The summed E-state index contributed by atoms with van der Waals surface area (Å²) in [5.41, 5.74) is 10.2. The van der Waals surface area contributed by atoms with Crippen LogP contribution in [-0.4, -0.2) is 11.5 Å². The van der Waals surface area contributed by atoms with Gasteiger partial charge in [-0.05, 0) is 61.9 Å². The molecule has 0 bridgehead atoms. The van der Waals surface area contributed by atoms with E-state index in [1.165, 1.54) is 17.7 Å². The SMILES string of the molecule is CCCCc1cccc2c(CCCCN)c(-c3ccc(F)cc3F)[nH]c12. The predicted molar refractivity (Wildman–Crippen MR) is 104 cm³/mol. The Kier molecular flexibility index (Phi) is 6.04. The van der Waals surface area contributed by atoms with Crippen molar-refractivity contribution >= 4 is 10.9 Å². The number of H-pyrrole nitrogens is 1. The zero-order valence-corrected chi connectivity index (χ0v) is 15.2. The van der Waals surface area contributed by atoms with Gasteiger partial charge in [0.15, 0.2) is 0 Å². The van der Waals surface area contributed by atoms with Crippen LogP contribution in [0.3, 0.4) is 0 Å². The smallest absolute Gasteiger partial charge is 0.135 e. The fourth-order valence-corrected chi connectivity index (χ4v) is 3.54. The second kappa shape index (κ2) is 8.45. The van der Waals surface area contributed by atoms with Gasteiger partial charge >= 0.3 is 0 Å². The molecule has 2 aromatic carbocycles. The average Bonchev–Trinajstić information content (AvgIpc) is 2.99. The molecule has 0 aliphatic heterocycles. The number of nitrogens with two attached hydrogens (primary N) is 1. The van der Waals surface area contributed by atoms with Crippen molar-refractivity contribution < 1.29 is 8.78 Å². The average molecular weight is 356 g/mol. The summed E-state index contributed by atoms with van der Waals surface area (Å²) < 4.78 is 27.8. The number of para-hydroxylation sites is 1. The predicted octanol–water partition coefficient (Wildman–Crippen LogP) is 5.74. The lowest BCUT2D eigenvalue weighted by Gasteiger charge is -2.06. The Bertz CT molecular complexity index is 883. The number of aryl methyl sites for hydroxylation is 2. The Labute approximate surface area is 153 Å². The Balaban J connectivity index is 2.14. The van der Waals surface area contributed by atoms with Crippen LogP contribution < -0.4 is 5.73 Å². The van der Waals surface area contributed by atoms with Gasteiger partial charge in [0, 0.05) is 22.5 Å². The van der Waals surface area contributed by atoms with E-state index in [4.69, 9.17) is 5.73 Å². The fourth-order valence-electron chi connectivity index (χ4n) is 3.54. The molecule has 138 valence electrons. The lowest BCUT2D eigenvalue weighted by Crippen LogP contribution is -1.99. The van der Waals surface area contributed by atoms with E-state index in [9.17, 15) is 8.78 Å². The van der Waals surface area contributed by atoms with E-state index in [1.807, 2.05) is 0 Å². The molecule has 0 saturated carbocycles. The highest BCUT2D eigenvalue weighted by Gasteiger charge is 2.17. The molecular weight excluding hydrogens is 330 g/mol. The third kappa shape index (κ3) is 3.80. The van der Waals surface area contributed by atoms with Crippen molar-refractivity contribution in [3.05, 3.63) is 59.2 Å². The van der Waals surface area contributed by atoms with Gasteiger partial charge in [-0.2, -0.15) is 0 Å². The first-order valence-electron chi connectivity index (χ1n) is 9.43. The van der Waals surface area contributed by atoms with Gasteiger partial charge in [-0.15, -0.1) is 0 Å². The van der Waals surface area contributed by atoms with Crippen molar-refractivity contribution in [2.45, 2.75) is 45.4 Å². The molecule has 4 heteroatoms. The number of benzene rings is 2. The molecule has 26 heavy (non-hydrogen) atoms. The standard InChI is InChI=1S/C22H26F2N2/c1-2-3-7-15-8-6-10-17-18(9-4-5-13-25)22(26-21(15)17)19-12-11-16(23)14-20(19)24/h6,8,10-12,14,26H,2-5,7,9,13,25H2,1H3. The van der Waals surface area contributed by atoms with Crippen LogP contribution in [0.4, 0.5) is 8.78 Å². The molecule has 0 aliphatic carbocycles. The van der Waals surface area contributed by atoms with Crippen LogP contribution in [-0.2, 0) is 12.8 Å². The molecule has 0 aliphatic rings. The number of aromatic nitrogens is 1. The number of unbranched alkanes of at least 4 members (excludes halogenated alkanes) is 2. The highest BCUT2D eigenvalue weighted by molar-refractivity contribution is 5.93. The maximum absolute atomic E-state index is 14.5. The lowest BCUT2D eigenvalue weighted by molar-refractivity contribution is 0.585. The molecule has 0 spiro atoms. The van der Waals surface area contributed by atoms with Crippen molar-refractivity contribution in [2.75, 3.05) is 6.54 Å². The summed E-state index contributed by atoms with van der Waals surface area (Å²) in [5, 5.41) is 1.13. The van der Waals surface area contributed by atoms with Gasteiger partial charge in [0.25, 0.3) is 0 Å². The molecule has 3 rings (SSSR count). The zero-order valence-electron chi connectivity index (χ0n) is 15.2. The van der Waals surface area contributed by atoms with Crippen molar-refractivity contribution in [2.24, 2.45) is 5.73 Å². The lowest BCUT2D eigenvalue weighted by atomic mass is 9.98. The molecule has 0 radical (unpaired) electrons. The normalized spacial score (nSPS) is 11.4. The van der Waals surface area contributed by atoms with Crippen LogP contribution in [0.1, 0.15) is 43.7 Å². The molecule has 3 aromatic rings. The van der Waals surface area contributed by atoms with Gasteiger partial charge < -0.3 is 10.7 Å². The van der Waals surface area contributed by atoms with Gasteiger partial charge in [0.05, 0.1) is 5.69 Å². The van der Waals surface area contributed by atoms with Gasteiger partial charge in [-0.1, -0.05) is 31.5 Å². The monoisotopic (exact) mass is 356 g/mol.